The van der Waals surface area contributed by atoms with Gasteiger partial charge in [-0.3, -0.25) is 9.36 Å². The SMILES string of the molecule is O=C(O)c1ccc(=O)n(-c2cccc(CO)c2)c1. The number of pyridine rings is 1. The maximum atomic E-state index is 11.7. The highest BCUT2D eigenvalue weighted by molar-refractivity contribution is 5.87. The van der Waals surface area contributed by atoms with Crippen LogP contribution in [0.1, 0.15) is 15.9 Å². The van der Waals surface area contributed by atoms with Gasteiger partial charge < -0.3 is 10.2 Å². The van der Waals surface area contributed by atoms with E-state index in [-0.39, 0.29) is 17.7 Å². The van der Waals surface area contributed by atoms with E-state index < -0.39 is 5.97 Å². The molecular formula is C13H11NO4. The maximum Gasteiger partial charge on any atom is 0.337 e. The highest BCUT2D eigenvalue weighted by Gasteiger charge is 2.06. The fourth-order valence-corrected chi connectivity index (χ4v) is 1.62. The van der Waals surface area contributed by atoms with Crippen molar-refractivity contribution in [1.82, 2.24) is 4.57 Å². The summed E-state index contributed by atoms with van der Waals surface area (Å²) >= 11 is 0. The first-order valence-electron chi connectivity index (χ1n) is 5.28. The average molecular weight is 245 g/mol. The van der Waals surface area contributed by atoms with Gasteiger partial charge in [0.15, 0.2) is 0 Å². The zero-order chi connectivity index (χ0) is 13.1. The Morgan fingerprint density at radius 3 is 2.67 bits per heavy atom. The molecule has 0 fully saturated rings. The van der Waals surface area contributed by atoms with Crippen LogP contribution in [0.15, 0.2) is 47.4 Å². The summed E-state index contributed by atoms with van der Waals surface area (Å²) in [6, 6.07) is 9.18. The van der Waals surface area contributed by atoms with Crippen molar-refractivity contribution >= 4 is 5.97 Å². The molecule has 0 unspecified atom stereocenters. The van der Waals surface area contributed by atoms with Gasteiger partial charge in [-0.1, -0.05) is 12.1 Å². The molecule has 2 aromatic rings. The van der Waals surface area contributed by atoms with Crippen LogP contribution in [0.25, 0.3) is 5.69 Å². The van der Waals surface area contributed by atoms with E-state index in [0.29, 0.717) is 11.3 Å². The number of rotatable bonds is 3. The minimum absolute atomic E-state index is 0.0315. The van der Waals surface area contributed by atoms with E-state index in [2.05, 4.69) is 0 Å². The maximum absolute atomic E-state index is 11.7. The van der Waals surface area contributed by atoms with Gasteiger partial charge in [0.05, 0.1) is 12.2 Å². The van der Waals surface area contributed by atoms with Gasteiger partial charge in [-0.2, -0.15) is 0 Å². The number of nitrogens with zero attached hydrogens (tertiary/aromatic N) is 1. The number of carbonyl (C=O) groups is 1. The predicted molar refractivity (Wildman–Crippen MR) is 64.9 cm³/mol. The molecule has 1 heterocycles. The number of carboxylic acids is 1. The predicted octanol–water partition coefficient (Wildman–Crippen LogP) is 1.03. The quantitative estimate of drug-likeness (QED) is 0.846. The van der Waals surface area contributed by atoms with Crippen LogP contribution in [0.2, 0.25) is 0 Å². The minimum atomic E-state index is -1.10. The van der Waals surface area contributed by atoms with Gasteiger partial charge in [0.2, 0.25) is 0 Å². The molecule has 0 bridgehead atoms. The van der Waals surface area contributed by atoms with E-state index >= 15 is 0 Å². The summed E-state index contributed by atoms with van der Waals surface area (Å²) in [5.74, 6) is -1.10. The third kappa shape index (κ3) is 2.31. The van der Waals surface area contributed by atoms with E-state index in [9.17, 15) is 9.59 Å². The lowest BCUT2D eigenvalue weighted by atomic mass is 10.2. The standard InChI is InChI=1S/C13H11NO4/c15-8-9-2-1-3-11(6-9)14-7-10(13(17)18)4-5-12(14)16/h1-7,15H,8H2,(H,17,18). The molecule has 0 atom stereocenters. The summed E-state index contributed by atoms with van der Waals surface area (Å²) in [6.07, 6.45) is 1.27. The number of hydrogen-bond acceptors (Lipinski definition) is 3. The largest absolute Gasteiger partial charge is 0.478 e. The number of aliphatic hydroxyl groups is 1. The molecule has 5 nitrogen and oxygen atoms in total. The van der Waals surface area contributed by atoms with Crippen LogP contribution in [-0.2, 0) is 6.61 Å². The highest BCUT2D eigenvalue weighted by atomic mass is 16.4. The molecule has 0 radical (unpaired) electrons. The number of aromatic nitrogens is 1. The second-order valence-corrected chi connectivity index (χ2v) is 3.76. The number of aromatic carboxylic acids is 1. The molecule has 0 aliphatic carbocycles. The molecule has 1 aromatic heterocycles. The average Bonchev–Trinajstić information content (AvgIpc) is 2.39. The fraction of sp³-hybridized carbons (Fsp3) is 0.0769. The van der Waals surface area contributed by atoms with Crippen LogP contribution in [0.3, 0.4) is 0 Å². The van der Waals surface area contributed by atoms with Crippen LogP contribution in [0.5, 0.6) is 0 Å². The molecule has 5 heteroatoms. The Kier molecular flexibility index (Phi) is 3.25. The molecular weight excluding hydrogens is 234 g/mol. The van der Waals surface area contributed by atoms with E-state index in [4.69, 9.17) is 10.2 Å². The van der Waals surface area contributed by atoms with Gasteiger partial charge in [0.25, 0.3) is 5.56 Å². The molecule has 1 aromatic carbocycles. The summed E-state index contributed by atoms with van der Waals surface area (Å²) in [6.45, 7) is -0.138. The van der Waals surface area contributed by atoms with Crippen LogP contribution >= 0.6 is 0 Å². The summed E-state index contributed by atoms with van der Waals surface area (Å²) in [5.41, 5.74) is 0.883. The summed E-state index contributed by atoms with van der Waals surface area (Å²) in [7, 11) is 0. The molecule has 2 N–H and O–H groups in total. The van der Waals surface area contributed by atoms with Crippen molar-refractivity contribution in [3.05, 3.63) is 64.1 Å². The second-order valence-electron chi connectivity index (χ2n) is 3.76. The number of aliphatic hydroxyl groups excluding tert-OH is 1. The van der Waals surface area contributed by atoms with Crippen molar-refractivity contribution in [2.45, 2.75) is 6.61 Å². The molecule has 0 amide bonds. The Morgan fingerprint density at radius 2 is 2.00 bits per heavy atom. The van der Waals surface area contributed by atoms with Gasteiger partial charge in [-0.15, -0.1) is 0 Å². The molecule has 0 aliphatic heterocycles. The monoisotopic (exact) mass is 245 g/mol. The third-order valence-corrected chi connectivity index (χ3v) is 2.53. The lowest BCUT2D eigenvalue weighted by Crippen LogP contribution is -2.18. The van der Waals surface area contributed by atoms with Crippen molar-refractivity contribution in [2.75, 3.05) is 0 Å². The second kappa shape index (κ2) is 4.85. The van der Waals surface area contributed by atoms with E-state index in [0.717, 1.165) is 0 Å². The van der Waals surface area contributed by atoms with Crippen molar-refractivity contribution in [2.24, 2.45) is 0 Å². The first-order valence-corrected chi connectivity index (χ1v) is 5.28. The fourth-order valence-electron chi connectivity index (χ4n) is 1.62. The highest BCUT2D eigenvalue weighted by Crippen LogP contribution is 2.09. The topological polar surface area (TPSA) is 79.5 Å². The van der Waals surface area contributed by atoms with Crippen LogP contribution in [-0.4, -0.2) is 20.7 Å². The zero-order valence-corrected chi connectivity index (χ0v) is 9.41. The Bertz CT molecular complexity index is 645. The number of carboxylic acid groups (broad SMARTS) is 1. The first-order chi connectivity index (χ1) is 8.61. The lowest BCUT2D eigenvalue weighted by molar-refractivity contribution is 0.0696. The molecule has 0 saturated carbocycles. The van der Waals surface area contributed by atoms with E-state index in [1.54, 1.807) is 24.3 Å². The normalized spacial score (nSPS) is 10.3. The van der Waals surface area contributed by atoms with Crippen molar-refractivity contribution in [3.8, 4) is 5.69 Å². The van der Waals surface area contributed by atoms with Crippen LogP contribution in [0.4, 0.5) is 0 Å². The third-order valence-electron chi connectivity index (χ3n) is 2.53. The number of benzene rings is 1. The summed E-state index contributed by atoms with van der Waals surface area (Å²) < 4.78 is 1.24. The molecule has 92 valence electrons. The van der Waals surface area contributed by atoms with Crippen molar-refractivity contribution < 1.29 is 15.0 Å². The molecule has 2 rings (SSSR count). The Morgan fingerprint density at radius 1 is 1.22 bits per heavy atom. The smallest absolute Gasteiger partial charge is 0.337 e. The molecule has 0 saturated heterocycles. The van der Waals surface area contributed by atoms with Gasteiger partial charge in [0, 0.05) is 18.0 Å². The van der Waals surface area contributed by atoms with Gasteiger partial charge >= 0.3 is 5.97 Å². The van der Waals surface area contributed by atoms with Crippen molar-refractivity contribution in [1.29, 1.82) is 0 Å². The van der Waals surface area contributed by atoms with Gasteiger partial charge in [-0.25, -0.2) is 4.79 Å². The van der Waals surface area contributed by atoms with Crippen LogP contribution in [0, 0.1) is 0 Å². The Labute approximate surface area is 103 Å². The van der Waals surface area contributed by atoms with E-state index in [1.165, 1.54) is 22.9 Å². The Hall–Kier alpha value is -2.40. The first kappa shape index (κ1) is 12.1. The lowest BCUT2D eigenvalue weighted by Gasteiger charge is -2.07. The zero-order valence-electron chi connectivity index (χ0n) is 9.41. The molecule has 18 heavy (non-hydrogen) atoms. The van der Waals surface area contributed by atoms with E-state index in [1.807, 2.05) is 0 Å². The molecule has 0 spiro atoms. The number of hydrogen-bond donors (Lipinski definition) is 2. The van der Waals surface area contributed by atoms with Gasteiger partial charge in [0.1, 0.15) is 0 Å². The van der Waals surface area contributed by atoms with Gasteiger partial charge in [-0.05, 0) is 23.8 Å². The summed E-state index contributed by atoms with van der Waals surface area (Å²) in [5, 5.41) is 17.9. The Balaban J connectivity index is 2.58. The van der Waals surface area contributed by atoms with Crippen molar-refractivity contribution in [3.63, 3.8) is 0 Å². The summed E-state index contributed by atoms with van der Waals surface area (Å²) in [4.78, 5) is 22.6. The molecule has 0 aliphatic rings. The van der Waals surface area contributed by atoms with Crippen LogP contribution < -0.4 is 5.56 Å². The minimum Gasteiger partial charge on any atom is -0.478 e.